The highest BCUT2D eigenvalue weighted by Crippen LogP contribution is 2.28. The van der Waals surface area contributed by atoms with Crippen LogP contribution in [0.3, 0.4) is 0 Å². The average Bonchev–Trinajstić information content (AvgIpc) is 3.53. The molecule has 31 heavy (non-hydrogen) atoms. The quantitative estimate of drug-likeness (QED) is 0.418. The number of thiophene rings is 1. The molecule has 7 nitrogen and oxygen atoms in total. The molecule has 1 aliphatic rings. The lowest BCUT2D eigenvalue weighted by molar-refractivity contribution is 0.0634. The largest absolute Gasteiger partial charge is 0.413 e. The zero-order chi connectivity index (χ0) is 21.5. The average molecular weight is 455 g/mol. The van der Waals surface area contributed by atoms with Crippen molar-refractivity contribution in [2.24, 2.45) is 13.0 Å². The standard InChI is InChI=1S/C22H19ClN4O3S/c1-26-16-5-4-15(23)11-14(16)12-17(26)22(29)27-8-6-13(7-9-27)19(28)21-25-24-20(30-21)18-3-2-10-31-18/h2-5,10-13H,6-9H2,1H3. The molecule has 4 heterocycles. The van der Waals surface area contributed by atoms with Gasteiger partial charge in [-0.2, -0.15) is 0 Å². The van der Waals surface area contributed by atoms with Crippen molar-refractivity contribution >= 4 is 45.5 Å². The molecule has 0 atom stereocenters. The maximum atomic E-state index is 13.1. The number of aryl methyl sites for hydroxylation is 1. The smallest absolute Gasteiger partial charge is 0.284 e. The van der Waals surface area contributed by atoms with E-state index in [-0.39, 0.29) is 23.5 Å². The van der Waals surface area contributed by atoms with Gasteiger partial charge in [0.05, 0.1) is 4.88 Å². The second kappa shape index (κ2) is 7.94. The normalized spacial score (nSPS) is 15.0. The first-order valence-electron chi connectivity index (χ1n) is 9.97. The highest BCUT2D eigenvalue weighted by molar-refractivity contribution is 7.13. The van der Waals surface area contributed by atoms with E-state index < -0.39 is 0 Å². The molecule has 1 amide bonds. The summed E-state index contributed by atoms with van der Waals surface area (Å²) in [5.74, 6) is -0.0206. The van der Waals surface area contributed by atoms with E-state index in [0.29, 0.717) is 42.5 Å². The zero-order valence-corrected chi connectivity index (χ0v) is 18.3. The lowest BCUT2D eigenvalue weighted by Gasteiger charge is -2.30. The van der Waals surface area contributed by atoms with Gasteiger partial charge in [-0.05, 0) is 48.6 Å². The molecule has 1 saturated heterocycles. The molecule has 0 N–H and O–H groups in total. The molecule has 0 bridgehead atoms. The number of carbonyl (C=O) groups excluding carboxylic acids is 2. The molecule has 1 aromatic carbocycles. The molecular weight excluding hydrogens is 436 g/mol. The first-order chi connectivity index (χ1) is 15.0. The van der Waals surface area contributed by atoms with Crippen LogP contribution in [0, 0.1) is 5.92 Å². The molecule has 0 radical (unpaired) electrons. The molecule has 5 rings (SSSR count). The summed E-state index contributed by atoms with van der Waals surface area (Å²) < 4.78 is 7.47. The van der Waals surface area contributed by atoms with E-state index in [1.807, 2.05) is 53.4 Å². The second-order valence-electron chi connectivity index (χ2n) is 7.61. The molecular formula is C22H19ClN4O3S. The molecule has 1 fully saturated rings. The minimum Gasteiger partial charge on any atom is -0.413 e. The predicted molar refractivity (Wildman–Crippen MR) is 118 cm³/mol. The van der Waals surface area contributed by atoms with Crippen molar-refractivity contribution in [3.8, 4) is 10.8 Å². The Hall–Kier alpha value is -2.97. The molecule has 9 heteroatoms. The molecule has 0 aliphatic carbocycles. The van der Waals surface area contributed by atoms with E-state index in [9.17, 15) is 9.59 Å². The molecule has 3 aromatic heterocycles. The van der Waals surface area contributed by atoms with E-state index in [1.54, 1.807) is 4.90 Å². The Balaban J connectivity index is 1.27. The molecule has 0 spiro atoms. The van der Waals surface area contributed by atoms with Gasteiger partial charge in [0.15, 0.2) is 0 Å². The Morgan fingerprint density at radius 2 is 1.97 bits per heavy atom. The van der Waals surface area contributed by atoms with Crippen LogP contribution in [0.2, 0.25) is 5.02 Å². The van der Waals surface area contributed by atoms with Crippen LogP contribution in [0.5, 0.6) is 0 Å². The van der Waals surface area contributed by atoms with Gasteiger partial charge in [0.25, 0.3) is 17.7 Å². The van der Waals surface area contributed by atoms with Gasteiger partial charge in [-0.1, -0.05) is 17.7 Å². The van der Waals surface area contributed by atoms with Crippen LogP contribution in [0.4, 0.5) is 0 Å². The van der Waals surface area contributed by atoms with Gasteiger partial charge in [0.2, 0.25) is 5.78 Å². The van der Waals surface area contributed by atoms with Crippen molar-refractivity contribution in [2.45, 2.75) is 12.8 Å². The van der Waals surface area contributed by atoms with Gasteiger partial charge in [0, 0.05) is 42.0 Å². The first kappa shape index (κ1) is 20.0. The van der Waals surface area contributed by atoms with Crippen LogP contribution in [-0.2, 0) is 7.05 Å². The van der Waals surface area contributed by atoms with E-state index >= 15 is 0 Å². The molecule has 0 unspecified atom stereocenters. The maximum Gasteiger partial charge on any atom is 0.284 e. The van der Waals surface area contributed by atoms with Crippen molar-refractivity contribution in [1.82, 2.24) is 19.7 Å². The summed E-state index contributed by atoms with van der Waals surface area (Å²) in [5, 5.41) is 11.4. The number of halogens is 1. The SMILES string of the molecule is Cn1c(C(=O)N2CCC(C(=O)c3nnc(-c4cccs4)o3)CC2)cc2cc(Cl)ccc21. The Morgan fingerprint density at radius 3 is 2.71 bits per heavy atom. The number of nitrogens with zero attached hydrogens (tertiary/aromatic N) is 4. The minimum absolute atomic E-state index is 0.0405. The van der Waals surface area contributed by atoms with Crippen molar-refractivity contribution in [1.29, 1.82) is 0 Å². The molecule has 4 aromatic rings. The third-order valence-corrected chi connectivity index (χ3v) is 6.84. The highest BCUT2D eigenvalue weighted by atomic mass is 35.5. The third kappa shape index (κ3) is 3.66. The summed E-state index contributed by atoms with van der Waals surface area (Å²) in [6.45, 7) is 1.01. The Labute approximate surface area is 187 Å². The van der Waals surface area contributed by atoms with E-state index in [2.05, 4.69) is 10.2 Å². The fourth-order valence-corrected chi connectivity index (χ4v) is 4.85. The van der Waals surface area contributed by atoms with Crippen molar-refractivity contribution < 1.29 is 14.0 Å². The zero-order valence-electron chi connectivity index (χ0n) is 16.7. The molecule has 1 aliphatic heterocycles. The van der Waals surface area contributed by atoms with E-state index in [4.69, 9.17) is 16.0 Å². The topological polar surface area (TPSA) is 81.2 Å². The van der Waals surface area contributed by atoms with Gasteiger partial charge in [-0.25, -0.2) is 0 Å². The molecule has 0 saturated carbocycles. The fraction of sp³-hybridized carbons (Fsp3) is 0.273. The van der Waals surface area contributed by atoms with Gasteiger partial charge in [-0.15, -0.1) is 21.5 Å². The van der Waals surface area contributed by atoms with Gasteiger partial charge < -0.3 is 13.9 Å². The van der Waals surface area contributed by atoms with Gasteiger partial charge >= 0.3 is 0 Å². The fourth-order valence-electron chi connectivity index (χ4n) is 4.03. The number of carbonyl (C=O) groups is 2. The first-order valence-corrected chi connectivity index (χ1v) is 11.2. The number of hydrogen-bond donors (Lipinski definition) is 0. The van der Waals surface area contributed by atoms with Crippen LogP contribution < -0.4 is 0 Å². The lowest BCUT2D eigenvalue weighted by atomic mass is 9.92. The van der Waals surface area contributed by atoms with Crippen molar-refractivity contribution in [2.75, 3.05) is 13.1 Å². The number of benzene rings is 1. The summed E-state index contributed by atoms with van der Waals surface area (Å²) in [6.07, 6.45) is 1.13. The minimum atomic E-state index is -0.230. The number of piperidine rings is 1. The second-order valence-corrected chi connectivity index (χ2v) is 9.00. The Morgan fingerprint density at radius 1 is 1.16 bits per heavy atom. The lowest BCUT2D eigenvalue weighted by Crippen LogP contribution is -2.41. The third-order valence-electron chi connectivity index (χ3n) is 5.74. The van der Waals surface area contributed by atoms with Crippen LogP contribution in [0.25, 0.3) is 21.7 Å². The van der Waals surface area contributed by atoms with Crippen LogP contribution in [0.1, 0.15) is 34.0 Å². The van der Waals surface area contributed by atoms with Crippen molar-refractivity contribution in [3.05, 3.63) is 58.4 Å². The number of likely N-dealkylation sites (tertiary alicyclic amines) is 1. The van der Waals surface area contributed by atoms with Crippen LogP contribution >= 0.6 is 22.9 Å². The van der Waals surface area contributed by atoms with Crippen LogP contribution in [-0.4, -0.2) is 44.4 Å². The number of hydrogen-bond acceptors (Lipinski definition) is 6. The predicted octanol–water partition coefficient (Wildman–Crippen LogP) is 4.68. The van der Waals surface area contributed by atoms with Crippen LogP contribution in [0.15, 0.2) is 46.2 Å². The Kier molecular flexibility index (Phi) is 5.11. The van der Waals surface area contributed by atoms with Gasteiger partial charge in [0.1, 0.15) is 5.69 Å². The highest BCUT2D eigenvalue weighted by Gasteiger charge is 2.32. The summed E-state index contributed by atoms with van der Waals surface area (Å²) in [6, 6.07) is 11.2. The number of rotatable bonds is 4. The number of ketones is 1. The number of Topliss-reactive ketones (excluding diaryl/α,β-unsaturated/α-hetero) is 1. The monoisotopic (exact) mass is 454 g/mol. The number of fused-ring (bicyclic) bond motifs is 1. The number of amides is 1. The van der Waals surface area contributed by atoms with E-state index in [1.165, 1.54) is 11.3 Å². The molecule has 158 valence electrons. The summed E-state index contributed by atoms with van der Waals surface area (Å²) in [4.78, 5) is 28.6. The Bertz CT molecular complexity index is 1270. The number of aromatic nitrogens is 3. The summed E-state index contributed by atoms with van der Waals surface area (Å²) >= 11 is 7.56. The van der Waals surface area contributed by atoms with Crippen molar-refractivity contribution in [3.63, 3.8) is 0 Å². The van der Waals surface area contributed by atoms with E-state index in [0.717, 1.165) is 15.8 Å². The van der Waals surface area contributed by atoms with Gasteiger partial charge in [-0.3, -0.25) is 9.59 Å². The summed E-state index contributed by atoms with van der Waals surface area (Å²) in [7, 11) is 1.88. The maximum absolute atomic E-state index is 13.1. The summed E-state index contributed by atoms with van der Waals surface area (Å²) in [5.41, 5.74) is 1.57.